The Balaban J connectivity index is 1.85. The fraction of sp³-hybridized carbons (Fsp3) is 0.0625. The Bertz CT molecular complexity index is 700. The smallest absolute Gasteiger partial charge is 0.338 e. The van der Waals surface area contributed by atoms with Crippen LogP contribution in [-0.2, 0) is 9.53 Å². The van der Waals surface area contributed by atoms with Crippen LogP contribution < -0.4 is 5.32 Å². The number of carbonyl (C=O) groups is 3. The summed E-state index contributed by atoms with van der Waals surface area (Å²) in [4.78, 5) is 35.1. The molecule has 0 heterocycles. The number of imide groups is 1. The first-order valence-electron chi connectivity index (χ1n) is 6.38. The molecule has 0 fully saturated rings. The minimum Gasteiger partial charge on any atom is -0.452 e. The maximum Gasteiger partial charge on any atom is 0.338 e. The molecule has 0 aliphatic carbocycles. The number of rotatable bonds is 4. The first kappa shape index (κ1) is 16.2. The molecule has 0 aliphatic heterocycles. The quantitative estimate of drug-likeness (QED) is 0.622. The van der Waals surface area contributed by atoms with Crippen LogP contribution in [-0.4, -0.2) is 24.4 Å². The van der Waals surface area contributed by atoms with Gasteiger partial charge in [-0.25, -0.2) is 4.79 Å². The highest BCUT2D eigenvalue weighted by Gasteiger charge is 2.13. The highest BCUT2D eigenvalue weighted by molar-refractivity contribution is 14.1. The molecule has 6 heteroatoms. The fourth-order valence-corrected chi connectivity index (χ4v) is 2.20. The topological polar surface area (TPSA) is 72.5 Å². The van der Waals surface area contributed by atoms with E-state index in [2.05, 4.69) is 27.9 Å². The Labute approximate surface area is 140 Å². The zero-order valence-electron chi connectivity index (χ0n) is 11.4. The van der Waals surface area contributed by atoms with Gasteiger partial charge in [-0.05, 0) is 52.9 Å². The molecule has 2 aromatic carbocycles. The van der Waals surface area contributed by atoms with Crippen LogP contribution in [0, 0.1) is 3.57 Å². The summed E-state index contributed by atoms with van der Waals surface area (Å²) in [6.07, 6.45) is 0. The molecule has 2 aromatic rings. The van der Waals surface area contributed by atoms with Gasteiger partial charge < -0.3 is 4.74 Å². The van der Waals surface area contributed by atoms with Crippen LogP contribution >= 0.6 is 22.6 Å². The zero-order chi connectivity index (χ0) is 15.9. The van der Waals surface area contributed by atoms with E-state index < -0.39 is 24.4 Å². The summed E-state index contributed by atoms with van der Waals surface area (Å²) in [6, 6.07) is 15.1. The van der Waals surface area contributed by atoms with E-state index in [1.165, 1.54) is 0 Å². The Hall–Kier alpha value is -2.22. The molecule has 0 unspecified atom stereocenters. The fourth-order valence-electron chi connectivity index (χ4n) is 1.65. The van der Waals surface area contributed by atoms with Crippen molar-refractivity contribution in [3.63, 3.8) is 0 Å². The Morgan fingerprint density at radius 1 is 0.955 bits per heavy atom. The maximum absolute atomic E-state index is 11.8. The summed E-state index contributed by atoms with van der Waals surface area (Å²) in [5.41, 5.74) is 0.717. The Morgan fingerprint density at radius 2 is 1.64 bits per heavy atom. The van der Waals surface area contributed by atoms with E-state index in [1.807, 2.05) is 6.07 Å². The molecule has 0 aliphatic rings. The van der Waals surface area contributed by atoms with Gasteiger partial charge in [-0.1, -0.05) is 24.3 Å². The minimum absolute atomic E-state index is 0.356. The summed E-state index contributed by atoms with van der Waals surface area (Å²) in [6.45, 7) is -0.511. The van der Waals surface area contributed by atoms with Gasteiger partial charge in [0, 0.05) is 9.13 Å². The monoisotopic (exact) mass is 409 g/mol. The molecule has 0 saturated carbocycles. The van der Waals surface area contributed by atoms with E-state index in [9.17, 15) is 14.4 Å². The number of ether oxygens (including phenoxy) is 1. The van der Waals surface area contributed by atoms with Crippen molar-refractivity contribution in [1.29, 1.82) is 0 Å². The number of benzene rings is 2. The molecule has 0 atom stereocenters. The lowest BCUT2D eigenvalue weighted by Crippen LogP contribution is -2.34. The van der Waals surface area contributed by atoms with Crippen molar-refractivity contribution in [3.05, 3.63) is 69.3 Å². The lowest BCUT2D eigenvalue weighted by Gasteiger charge is -2.06. The van der Waals surface area contributed by atoms with Gasteiger partial charge in [0.1, 0.15) is 0 Å². The summed E-state index contributed by atoms with van der Waals surface area (Å²) in [5, 5.41) is 2.16. The molecule has 0 saturated heterocycles. The van der Waals surface area contributed by atoms with Crippen LogP contribution in [0.5, 0.6) is 0 Å². The van der Waals surface area contributed by atoms with Crippen LogP contribution in [0.3, 0.4) is 0 Å². The highest BCUT2D eigenvalue weighted by Crippen LogP contribution is 2.08. The van der Waals surface area contributed by atoms with Crippen molar-refractivity contribution in [2.75, 3.05) is 6.61 Å². The SMILES string of the molecule is O=C(COC(=O)c1cccc(I)c1)NC(=O)c1ccccc1. The summed E-state index contributed by atoms with van der Waals surface area (Å²) >= 11 is 2.07. The largest absolute Gasteiger partial charge is 0.452 e. The average Bonchev–Trinajstić information content (AvgIpc) is 2.53. The van der Waals surface area contributed by atoms with E-state index in [4.69, 9.17) is 4.74 Å². The van der Waals surface area contributed by atoms with Crippen molar-refractivity contribution < 1.29 is 19.1 Å². The van der Waals surface area contributed by atoms with Crippen molar-refractivity contribution in [2.24, 2.45) is 0 Å². The molecule has 0 aromatic heterocycles. The van der Waals surface area contributed by atoms with E-state index in [0.29, 0.717) is 11.1 Å². The molecule has 2 rings (SSSR count). The lowest BCUT2D eigenvalue weighted by molar-refractivity contribution is -0.123. The number of nitrogens with one attached hydrogen (secondary N) is 1. The van der Waals surface area contributed by atoms with Crippen LogP contribution in [0.2, 0.25) is 0 Å². The van der Waals surface area contributed by atoms with Gasteiger partial charge >= 0.3 is 5.97 Å². The van der Waals surface area contributed by atoms with Gasteiger partial charge in [-0.3, -0.25) is 14.9 Å². The van der Waals surface area contributed by atoms with Gasteiger partial charge in [0.2, 0.25) is 0 Å². The first-order valence-corrected chi connectivity index (χ1v) is 7.46. The zero-order valence-corrected chi connectivity index (χ0v) is 13.6. The van der Waals surface area contributed by atoms with Crippen LogP contribution in [0.25, 0.3) is 0 Å². The summed E-state index contributed by atoms with van der Waals surface area (Å²) in [5.74, 6) is -1.82. The predicted octanol–water partition coefficient (Wildman–Crippen LogP) is 2.40. The molecule has 1 N–H and O–H groups in total. The predicted molar refractivity (Wildman–Crippen MR) is 88.4 cm³/mol. The van der Waals surface area contributed by atoms with Crippen LogP contribution in [0.1, 0.15) is 20.7 Å². The van der Waals surface area contributed by atoms with E-state index in [0.717, 1.165) is 3.57 Å². The normalized spacial score (nSPS) is 9.86. The molecule has 0 radical (unpaired) electrons. The Morgan fingerprint density at radius 3 is 2.32 bits per heavy atom. The van der Waals surface area contributed by atoms with Crippen LogP contribution in [0.15, 0.2) is 54.6 Å². The van der Waals surface area contributed by atoms with Crippen molar-refractivity contribution in [2.45, 2.75) is 0 Å². The van der Waals surface area contributed by atoms with E-state index in [-0.39, 0.29) is 0 Å². The van der Waals surface area contributed by atoms with Crippen molar-refractivity contribution in [3.8, 4) is 0 Å². The number of carbonyl (C=O) groups excluding carboxylic acids is 3. The average molecular weight is 409 g/mol. The molecule has 112 valence electrons. The molecule has 0 spiro atoms. The second kappa shape index (κ2) is 7.69. The van der Waals surface area contributed by atoms with E-state index in [1.54, 1.807) is 48.5 Å². The molecule has 5 nitrogen and oxygen atoms in total. The number of hydrogen-bond donors (Lipinski definition) is 1. The van der Waals surface area contributed by atoms with Gasteiger partial charge in [0.05, 0.1) is 5.56 Å². The third kappa shape index (κ3) is 4.66. The second-order valence-electron chi connectivity index (χ2n) is 4.33. The third-order valence-corrected chi connectivity index (χ3v) is 3.35. The standard InChI is InChI=1S/C16H12INO4/c17-13-8-4-7-12(9-13)16(21)22-10-14(19)18-15(20)11-5-2-1-3-6-11/h1-9H,10H2,(H,18,19,20). The van der Waals surface area contributed by atoms with Gasteiger partial charge in [0.15, 0.2) is 6.61 Å². The first-order chi connectivity index (χ1) is 10.6. The Kier molecular flexibility index (Phi) is 5.65. The minimum atomic E-state index is -0.673. The molecule has 0 bridgehead atoms. The van der Waals surface area contributed by atoms with Gasteiger partial charge in [-0.15, -0.1) is 0 Å². The number of esters is 1. The number of hydrogen-bond acceptors (Lipinski definition) is 4. The number of halogens is 1. The van der Waals surface area contributed by atoms with E-state index >= 15 is 0 Å². The molecule has 22 heavy (non-hydrogen) atoms. The van der Waals surface area contributed by atoms with Gasteiger partial charge in [-0.2, -0.15) is 0 Å². The highest BCUT2D eigenvalue weighted by atomic mass is 127. The van der Waals surface area contributed by atoms with Crippen molar-refractivity contribution in [1.82, 2.24) is 5.32 Å². The third-order valence-electron chi connectivity index (χ3n) is 2.68. The summed E-state index contributed by atoms with van der Waals surface area (Å²) < 4.78 is 5.76. The van der Waals surface area contributed by atoms with Crippen LogP contribution in [0.4, 0.5) is 0 Å². The summed E-state index contributed by atoms with van der Waals surface area (Å²) in [7, 11) is 0. The van der Waals surface area contributed by atoms with Gasteiger partial charge in [0.25, 0.3) is 11.8 Å². The lowest BCUT2D eigenvalue weighted by atomic mass is 10.2. The van der Waals surface area contributed by atoms with Crippen molar-refractivity contribution >= 4 is 40.4 Å². The maximum atomic E-state index is 11.8. The molecule has 2 amide bonds. The number of amides is 2. The second-order valence-corrected chi connectivity index (χ2v) is 5.58. The molecular formula is C16H12INO4. The molecular weight excluding hydrogens is 397 g/mol.